The van der Waals surface area contributed by atoms with E-state index in [9.17, 15) is 13.2 Å². The van der Waals surface area contributed by atoms with Crippen molar-refractivity contribution in [2.24, 2.45) is 0 Å². The van der Waals surface area contributed by atoms with Gasteiger partial charge < -0.3 is 10.3 Å². The van der Waals surface area contributed by atoms with Crippen molar-refractivity contribution in [1.29, 1.82) is 0 Å². The molecule has 0 aliphatic carbocycles. The van der Waals surface area contributed by atoms with Gasteiger partial charge in [-0.15, -0.1) is 0 Å². The van der Waals surface area contributed by atoms with Crippen molar-refractivity contribution in [3.63, 3.8) is 0 Å². The van der Waals surface area contributed by atoms with Gasteiger partial charge in [0.2, 0.25) is 0 Å². The average molecular weight is 335 g/mol. The molecule has 0 saturated heterocycles. The summed E-state index contributed by atoms with van der Waals surface area (Å²) in [6.45, 7) is 0.719. The van der Waals surface area contributed by atoms with E-state index in [4.69, 9.17) is 0 Å². The smallest absolute Gasteiger partial charge is 0.336 e. The number of pyridine rings is 1. The Morgan fingerprint density at radius 3 is 2.68 bits per heavy atom. The van der Waals surface area contributed by atoms with E-state index in [1.165, 1.54) is 0 Å². The molecule has 2 heterocycles. The highest BCUT2D eigenvalue weighted by Gasteiger charge is 2.36. The van der Waals surface area contributed by atoms with E-state index in [-0.39, 0.29) is 17.0 Å². The first-order chi connectivity index (χ1) is 8.97. The molecule has 0 fully saturated rings. The van der Waals surface area contributed by atoms with Crippen LogP contribution in [-0.4, -0.2) is 15.0 Å². The number of H-pyrrole nitrogens is 1. The molecule has 0 radical (unpaired) electrons. The summed E-state index contributed by atoms with van der Waals surface area (Å²) in [4.78, 5) is 9.96. The fourth-order valence-electron chi connectivity index (χ4n) is 1.50. The Balaban J connectivity index is 1.94. The first-order valence-electron chi connectivity index (χ1n) is 5.38. The van der Waals surface area contributed by atoms with E-state index < -0.39 is 11.9 Å². The third-order valence-corrected chi connectivity index (χ3v) is 2.91. The zero-order chi connectivity index (χ0) is 13.9. The molecular formula is C11H10BrF3N4. The maximum atomic E-state index is 12.5. The molecule has 102 valence electrons. The van der Waals surface area contributed by atoms with Crippen LogP contribution in [0.4, 0.5) is 13.2 Å². The Hall–Kier alpha value is -1.41. The van der Waals surface area contributed by atoms with Crippen LogP contribution in [0.25, 0.3) is 0 Å². The van der Waals surface area contributed by atoms with E-state index >= 15 is 0 Å². The lowest BCUT2D eigenvalue weighted by Crippen LogP contribution is -2.14. The number of hydrogen-bond donors (Lipinski definition) is 2. The second kappa shape index (κ2) is 5.70. The molecule has 2 N–H and O–H groups in total. The molecule has 0 bridgehead atoms. The molecule has 2 aromatic rings. The Bertz CT molecular complexity index is 539. The van der Waals surface area contributed by atoms with Crippen LogP contribution in [0, 0.1) is 0 Å². The van der Waals surface area contributed by atoms with Gasteiger partial charge in [0.25, 0.3) is 0 Å². The highest BCUT2D eigenvalue weighted by atomic mass is 79.9. The summed E-state index contributed by atoms with van der Waals surface area (Å²) >= 11 is 2.79. The minimum absolute atomic E-state index is 0.212. The van der Waals surface area contributed by atoms with Crippen molar-refractivity contribution < 1.29 is 13.2 Å². The van der Waals surface area contributed by atoms with Crippen LogP contribution in [0.5, 0.6) is 0 Å². The molecule has 0 amide bonds. The Kier molecular flexibility index (Phi) is 4.20. The molecule has 0 saturated carbocycles. The van der Waals surface area contributed by atoms with Crippen LogP contribution in [0.15, 0.2) is 29.1 Å². The molecular weight excluding hydrogens is 325 g/mol. The van der Waals surface area contributed by atoms with Gasteiger partial charge in [0.15, 0.2) is 5.69 Å². The van der Waals surface area contributed by atoms with Crippen LogP contribution in [0.3, 0.4) is 0 Å². The zero-order valence-corrected chi connectivity index (χ0v) is 11.2. The Labute approximate surface area is 115 Å². The largest absolute Gasteiger partial charge is 0.433 e. The van der Waals surface area contributed by atoms with Crippen LogP contribution in [0.2, 0.25) is 0 Å². The van der Waals surface area contributed by atoms with Crippen LogP contribution < -0.4 is 5.32 Å². The van der Waals surface area contributed by atoms with E-state index in [0.29, 0.717) is 6.54 Å². The summed E-state index contributed by atoms with van der Waals surface area (Å²) in [6.07, 6.45) is -1.09. The summed E-state index contributed by atoms with van der Waals surface area (Å²) in [5.74, 6) is 0.225. The number of aromatic amines is 1. The molecule has 19 heavy (non-hydrogen) atoms. The number of imidazole rings is 1. The fraction of sp³-hybridized carbons (Fsp3) is 0.273. The lowest BCUT2D eigenvalue weighted by Gasteiger charge is -2.03. The quantitative estimate of drug-likeness (QED) is 0.903. The predicted octanol–water partition coefficient (Wildman–Crippen LogP) is 2.88. The van der Waals surface area contributed by atoms with Crippen LogP contribution in [0.1, 0.15) is 17.1 Å². The molecule has 0 atom stereocenters. The van der Waals surface area contributed by atoms with E-state index in [2.05, 4.69) is 36.2 Å². The standard InChI is InChI=1S/C11H10BrF3N4/c12-10-9(11(13,14)15)18-8(19-10)6-17-5-7-2-1-3-16-4-7/h1-4,17H,5-6H2,(H,18,19). The van der Waals surface area contributed by atoms with Gasteiger partial charge in [-0.25, -0.2) is 4.98 Å². The van der Waals surface area contributed by atoms with Crippen molar-refractivity contribution in [3.05, 3.63) is 46.2 Å². The van der Waals surface area contributed by atoms with Crippen molar-refractivity contribution in [1.82, 2.24) is 20.3 Å². The minimum atomic E-state index is -4.44. The summed E-state index contributed by atoms with van der Waals surface area (Å²) < 4.78 is 37.3. The SMILES string of the molecule is FC(F)(F)c1[nH]c(CNCc2cccnc2)nc1Br. The van der Waals surface area contributed by atoms with Crippen molar-refractivity contribution in [2.45, 2.75) is 19.3 Å². The van der Waals surface area contributed by atoms with Gasteiger partial charge in [0.05, 0.1) is 6.54 Å². The molecule has 8 heteroatoms. The maximum Gasteiger partial charge on any atom is 0.433 e. The van der Waals surface area contributed by atoms with Crippen molar-refractivity contribution in [3.8, 4) is 0 Å². The number of rotatable bonds is 4. The number of halogens is 4. The lowest BCUT2D eigenvalue weighted by molar-refractivity contribution is -0.141. The van der Waals surface area contributed by atoms with Gasteiger partial charge in [0.1, 0.15) is 10.4 Å². The van der Waals surface area contributed by atoms with E-state index in [1.807, 2.05) is 6.07 Å². The summed E-state index contributed by atoms with van der Waals surface area (Å²) in [6, 6.07) is 3.67. The number of aromatic nitrogens is 3. The molecule has 0 aromatic carbocycles. The summed E-state index contributed by atoms with van der Waals surface area (Å²) in [5, 5.41) is 2.99. The third-order valence-electron chi connectivity index (χ3n) is 2.34. The highest BCUT2D eigenvalue weighted by molar-refractivity contribution is 9.10. The number of nitrogens with zero attached hydrogens (tertiary/aromatic N) is 2. The second-order valence-electron chi connectivity index (χ2n) is 3.81. The molecule has 0 unspecified atom stereocenters. The monoisotopic (exact) mass is 334 g/mol. The van der Waals surface area contributed by atoms with Gasteiger partial charge in [0, 0.05) is 18.9 Å². The van der Waals surface area contributed by atoms with Gasteiger partial charge in [-0.1, -0.05) is 6.07 Å². The number of hydrogen-bond acceptors (Lipinski definition) is 3. The first kappa shape index (κ1) is 14.0. The normalized spacial score (nSPS) is 11.8. The predicted molar refractivity (Wildman–Crippen MR) is 66.1 cm³/mol. The molecule has 0 aliphatic heterocycles. The number of alkyl halides is 3. The Morgan fingerprint density at radius 2 is 2.11 bits per heavy atom. The van der Waals surface area contributed by atoms with Crippen LogP contribution in [-0.2, 0) is 19.3 Å². The van der Waals surface area contributed by atoms with Crippen molar-refractivity contribution >= 4 is 15.9 Å². The highest BCUT2D eigenvalue weighted by Crippen LogP contribution is 2.32. The fourth-order valence-corrected chi connectivity index (χ4v) is 2.04. The molecule has 2 aromatic heterocycles. The third kappa shape index (κ3) is 3.77. The maximum absolute atomic E-state index is 12.5. The molecule has 2 rings (SSSR count). The summed E-state index contributed by atoms with van der Waals surface area (Å²) in [7, 11) is 0. The van der Waals surface area contributed by atoms with E-state index in [1.54, 1.807) is 18.5 Å². The van der Waals surface area contributed by atoms with Gasteiger partial charge in [-0.2, -0.15) is 13.2 Å². The molecule has 0 aliphatic rings. The van der Waals surface area contributed by atoms with E-state index in [0.717, 1.165) is 5.56 Å². The van der Waals surface area contributed by atoms with Gasteiger partial charge in [-0.3, -0.25) is 4.98 Å². The number of nitrogens with one attached hydrogen (secondary N) is 2. The lowest BCUT2D eigenvalue weighted by atomic mass is 10.3. The zero-order valence-electron chi connectivity index (χ0n) is 9.63. The van der Waals surface area contributed by atoms with Gasteiger partial charge >= 0.3 is 6.18 Å². The van der Waals surface area contributed by atoms with Crippen molar-refractivity contribution in [2.75, 3.05) is 0 Å². The minimum Gasteiger partial charge on any atom is -0.336 e. The van der Waals surface area contributed by atoms with Crippen LogP contribution >= 0.6 is 15.9 Å². The summed E-state index contributed by atoms with van der Waals surface area (Å²) in [5.41, 5.74) is 0.0786. The molecule has 4 nitrogen and oxygen atoms in total. The topological polar surface area (TPSA) is 53.6 Å². The van der Waals surface area contributed by atoms with Gasteiger partial charge in [-0.05, 0) is 27.6 Å². The molecule has 0 spiro atoms. The Morgan fingerprint density at radius 1 is 1.32 bits per heavy atom. The average Bonchev–Trinajstić information content (AvgIpc) is 2.72. The second-order valence-corrected chi connectivity index (χ2v) is 4.56. The first-order valence-corrected chi connectivity index (χ1v) is 6.17.